The minimum absolute atomic E-state index is 0.480. The summed E-state index contributed by atoms with van der Waals surface area (Å²) in [6.07, 6.45) is 1.84. The predicted octanol–water partition coefficient (Wildman–Crippen LogP) is 1.18. The van der Waals surface area contributed by atoms with Crippen LogP contribution < -0.4 is 3.61 Å². The standard InChI is InChI=1S/C10H12OTe/c1-11-8-5-9-12-10-6-3-2-4-7-10/h2-7,9H,8H2,1H3/b9-5-/i9D. The summed E-state index contributed by atoms with van der Waals surface area (Å²) < 4.78 is 14.6. The summed E-state index contributed by atoms with van der Waals surface area (Å²) in [7, 11) is 1.65. The van der Waals surface area contributed by atoms with Crippen molar-refractivity contribution in [2.75, 3.05) is 13.7 Å². The molecule has 1 aromatic carbocycles. The molecule has 0 heterocycles. The van der Waals surface area contributed by atoms with E-state index in [0.29, 0.717) is 6.61 Å². The van der Waals surface area contributed by atoms with E-state index < -0.39 is 20.9 Å². The van der Waals surface area contributed by atoms with Crippen molar-refractivity contribution in [2.45, 2.75) is 0 Å². The van der Waals surface area contributed by atoms with E-state index in [2.05, 4.69) is 12.1 Å². The second kappa shape index (κ2) is 6.25. The quantitative estimate of drug-likeness (QED) is 0.751. The van der Waals surface area contributed by atoms with Crippen molar-refractivity contribution in [3.05, 3.63) is 40.5 Å². The maximum absolute atomic E-state index is 7.65. The average Bonchev–Trinajstić information content (AvgIpc) is 2.16. The van der Waals surface area contributed by atoms with E-state index in [9.17, 15) is 0 Å². The molecule has 12 heavy (non-hydrogen) atoms. The molecule has 0 aliphatic carbocycles. The summed E-state index contributed by atoms with van der Waals surface area (Å²) >= 11 is -0.480. The molecule has 64 valence electrons. The molecule has 0 saturated carbocycles. The normalized spacial score (nSPS) is 12.8. The number of rotatable bonds is 4. The molecule has 1 rings (SSSR count). The van der Waals surface area contributed by atoms with Gasteiger partial charge in [-0.2, -0.15) is 0 Å². The van der Waals surface area contributed by atoms with Gasteiger partial charge in [-0.1, -0.05) is 0 Å². The van der Waals surface area contributed by atoms with Crippen LogP contribution >= 0.6 is 0 Å². The first-order valence-corrected chi connectivity index (χ1v) is 6.04. The van der Waals surface area contributed by atoms with Crippen LogP contribution in [0.15, 0.2) is 40.5 Å². The second-order valence-corrected chi connectivity index (χ2v) is 4.79. The molecule has 0 fully saturated rings. The molecule has 0 spiro atoms. The van der Waals surface area contributed by atoms with Gasteiger partial charge in [0.15, 0.2) is 0 Å². The Bertz CT molecular complexity index is 272. The number of benzene rings is 1. The second-order valence-electron chi connectivity index (χ2n) is 2.19. The molecule has 1 nitrogen and oxygen atoms in total. The molecular weight excluding hydrogens is 264 g/mol. The van der Waals surface area contributed by atoms with E-state index in [1.165, 1.54) is 3.61 Å². The van der Waals surface area contributed by atoms with E-state index in [4.69, 9.17) is 6.11 Å². The molecule has 0 atom stereocenters. The molecule has 0 unspecified atom stereocenters. The summed E-state index contributed by atoms with van der Waals surface area (Å²) in [5.74, 6) is 0. The van der Waals surface area contributed by atoms with Crippen LogP contribution in [0.5, 0.6) is 0 Å². The molecule has 0 aliphatic heterocycles. The molecule has 0 bridgehead atoms. The summed E-state index contributed by atoms with van der Waals surface area (Å²) in [6.45, 7) is 0.552. The summed E-state index contributed by atoms with van der Waals surface area (Å²) in [5, 5.41) is 0. The molecule has 0 aliphatic rings. The van der Waals surface area contributed by atoms with Gasteiger partial charge in [-0.05, 0) is 0 Å². The predicted molar refractivity (Wildman–Crippen MR) is 52.8 cm³/mol. The number of hydrogen-bond acceptors (Lipinski definition) is 1. The molecule has 1 aromatic rings. The molecule has 0 aromatic heterocycles. The van der Waals surface area contributed by atoms with E-state index >= 15 is 0 Å². The van der Waals surface area contributed by atoms with E-state index in [0.717, 1.165) is 4.10 Å². The van der Waals surface area contributed by atoms with Gasteiger partial charge in [0, 0.05) is 0 Å². The Labute approximate surface area is 84.9 Å². The minimum atomic E-state index is -0.480. The van der Waals surface area contributed by atoms with Crippen LogP contribution in [-0.2, 0) is 4.74 Å². The van der Waals surface area contributed by atoms with Crippen LogP contribution in [0.3, 0.4) is 0 Å². The van der Waals surface area contributed by atoms with Crippen molar-refractivity contribution < 1.29 is 6.11 Å². The number of methoxy groups -OCH3 is 1. The zero-order chi connectivity index (χ0) is 9.52. The van der Waals surface area contributed by atoms with E-state index in [-0.39, 0.29) is 0 Å². The molecule has 0 N–H and O–H groups in total. The van der Waals surface area contributed by atoms with Crippen LogP contribution in [0.1, 0.15) is 1.37 Å². The van der Waals surface area contributed by atoms with Gasteiger partial charge in [-0.3, -0.25) is 0 Å². The van der Waals surface area contributed by atoms with Crippen LogP contribution in [0.25, 0.3) is 0 Å². The number of ether oxygens (including phenoxy) is 1. The van der Waals surface area contributed by atoms with Gasteiger partial charge in [-0.15, -0.1) is 0 Å². The van der Waals surface area contributed by atoms with Crippen LogP contribution in [-0.4, -0.2) is 34.6 Å². The van der Waals surface area contributed by atoms with Gasteiger partial charge in [0.25, 0.3) is 0 Å². The Morgan fingerprint density at radius 1 is 1.50 bits per heavy atom. The van der Waals surface area contributed by atoms with Crippen molar-refractivity contribution in [3.8, 4) is 0 Å². The molecular formula is C10H12OTe. The van der Waals surface area contributed by atoms with Gasteiger partial charge < -0.3 is 0 Å². The Hall–Kier alpha value is -0.290. The first-order valence-electron chi connectivity index (χ1n) is 4.21. The summed E-state index contributed by atoms with van der Waals surface area (Å²) in [5.41, 5.74) is 0. The van der Waals surface area contributed by atoms with Crippen LogP contribution in [0, 0.1) is 0 Å². The zero-order valence-electron chi connectivity index (χ0n) is 7.99. The average molecular weight is 277 g/mol. The van der Waals surface area contributed by atoms with Crippen molar-refractivity contribution in [3.63, 3.8) is 0 Å². The molecule has 0 amide bonds. The third-order valence-corrected chi connectivity index (χ3v) is 3.51. The third-order valence-electron chi connectivity index (χ3n) is 1.25. The number of hydrogen-bond donors (Lipinski definition) is 0. The SMILES string of the molecule is [2H]/C(=C/COC)[Te]c1ccccc1. The van der Waals surface area contributed by atoms with Crippen LogP contribution in [0.2, 0.25) is 0 Å². The molecule has 2 heteroatoms. The Kier molecular flexibility index (Phi) is 4.33. The van der Waals surface area contributed by atoms with Crippen LogP contribution in [0.4, 0.5) is 0 Å². The van der Waals surface area contributed by atoms with Crippen molar-refractivity contribution in [1.29, 1.82) is 0 Å². The Morgan fingerprint density at radius 3 is 2.92 bits per heavy atom. The summed E-state index contributed by atoms with van der Waals surface area (Å²) in [4.78, 5) is 0. The third kappa shape index (κ3) is 3.92. The van der Waals surface area contributed by atoms with Gasteiger partial charge in [0.1, 0.15) is 0 Å². The van der Waals surface area contributed by atoms with Crippen molar-refractivity contribution in [1.82, 2.24) is 0 Å². The fourth-order valence-corrected chi connectivity index (χ4v) is 2.37. The Balaban J connectivity index is 2.50. The monoisotopic (exact) mass is 279 g/mol. The Morgan fingerprint density at radius 2 is 2.25 bits per heavy atom. The van der Waals surface area contributed by atoms with E-state index in [1.54, 1.807) is 7.11 Å². The molecule has 0 saturated heterocycles. The first-order chi connectivity index (χ1) is 6.33. The van der Waals surface area contributed by atoms with Gasteiger partial charge >= 0.3 is 84.9 Å². The summed E-state index contributed by atoms with van der Waals surface area (Å²) in [6, 6.07) is 10.2. The fourth-order valence-electron chi connectivity index (χ4n) is 0.716. The molecule has 0 radical (unpaired) electrons. The van der Waals surface area contributed by atoms with Crippen molar-refractivity contribution in [2.24, 2.45) is 0 Å². The van der Waals surface area contributed by atoms with Gasteiger partial charge in [-0.25, -0.2) is 0 Å². The van der Waals surface area contributed by atoms with Gasteiger partial charge in [0.05, 0.1) is 0 Å². The first kappa shape index (κ1) is 8.31. The zero-order valence-corrected chi connectivity index (χ0v) is 9.32. The fraction of sp³-hybridized carbons (Fsp3) is 0.200. The van der Waals surface area contributed by atoms with Crippen molar-refractivity contribution >= 4 is 24.5 Å². The van der Waals surface area contributed by atoms with Gasteiger partial charge in [0.2, 0.25) is 0 Å². The van der Waals surface area contributed by atoms with E-state index in [1.807, 2.05) is 24.3 Å². The maximum atomic E-state index is 7.65. The topological polar surface area (TPSA) is 9.23 Å².